The van der Waals surface area contributed by atoms with Crippen molar-refractivity contribution in [3.63, 3.8) is 0 Å². The van der Waals surface area contributed by atoms with Gasteiger partial charge in [0.05, 0.1) is 0 Å². The molecule has 1 aromatic rings. The van der Waals surface area contributed by atoms with E-state index in [2.05, 4.69) is 4.74 Å². The topological polar surface area (TPSA) is 29.5 Å². The first kappa shape index (κ1) is 14.4. The van der Waals surface area contributed by atoms with Gasteiger partial charge < -0.3 is 9.84 Å². The summed E-state index contributed by atoms with van der Waals surface area (Å²) < 4.78 is 68.3. The van der Waals surface area contributed by atoms with Crippen molar-refractivity contribution in [1.82, 2.24) is 0 Å². The summed E-state index contributed by atoms with van der Waals surface area (Å²) in [7, 11) is 0. The van der Waals surface area contributed by atoms with Crippen LogP contribution in [0.5, 0.6) is 5.75 Å². The molecule has 1 aliphatic carbocycles. The van der Waals surface area contributed by atoms with E-state index in [0.717, 1.165) is 18.2 Å². The number of benzene rings is 1. The van der Waals surface area contributed by atoms with Crippen LogP contribution in [0.2, 0.25) is 0 Å². The summed E-state index contributed by atoms with van der Waals surface area (Å²) in [6, 6.07) is 2.02. The van der Waals surface area contributed by atoms with Gasteiger partial charge in [-0.2, -0.15) is 13.2 Å². The Morgan fingerprint density at radius 1 is 1.05 bits per heavy atom. The van der Waals surface area contributed by atoms with Crippen LogP contribution in [-0.4, -0.2) is 11.7 Å². The van der Waals surface area contributed by atoms with Crippen LogP contribution in [0.15, 0.2) is 29.8 Å². The lowest BCUT2D eigenvalue weighted by Crippen LogP contribution is -2.06. The lowest BCUT2D eigenvalue weighted by Gasteiger charge is -2.17. The molecule has 0 radical (unpaired) electrons. The SMILES string of the molecule is Oc1ccc(C2=CC(F)=C(OC(F)F)CC2)c(F)c1F. The summed E-state index contributed by atoms with van der Waals surface area (Å²) in [5, 5.41) is 8.99. The second kappa shape index (κ2) is 5.52. The Bertz CT molecular complexity index is 593. The predicted molar refractivity (Wildman–Crippen MR) is 60.5 cm³/mol. The number of ether oxygens (including phenoxy) is 1. The summed E-state index contributed by atoms with van der Waals surface area (Å²) in [5.41, 5.74) is -0.132. The zero-order chi connectivity index (χ0) is 14.9. The Balaban J connectivity index is 2.36. The predicted octanol–water partition coefficient (Wildman–Crippen LogP) is 4.27. The van der Waals surface area contributed by atoms with Gasteiger partial charge in [0.1, 0.15) is 5.76 Å². The third-order valence-corrected chi connectivity index (χ3v) is 2.83. The lowest BCUT2D eigenvalue weighted by atomic mass is 9.95. The number of allylic oxidation sites excluding steroid dienone is 4. The molecule has 1 aromatic carbocycles. The van der Waals surface area contributed by atoms with Crippen LogP contribution in [0.4, 0.5) is 22.0 Å². The van der Waals surface area contributed by atoms with E-state index in [-0.39, 0.29) is 24.0 Å². The Morgan fingerprint density at radius 2 is 1.75 bits per heavy atom. The second-order valence-corrected chi connectivity index (χ2v) is 4.08. The van der Waals surface area contributed by atoms with Crippen LogP contribution in [0.25, 0.3) is 5.57 Å². The molecule has 0 fully saturated rings. The van der Waals surface area contributed by atoms with Crippen molar-refractivity contribution >= 4 is 5.57 Å². The molecule has 0 unspecified atom stereocenters. The highest BCUT2D eigenvalue weighted by Crippen LogP contribution is 2.35. The Morgan fingerprint density at radius 3 is 2.35 bits per heavy atom. The molecule has 0 saturated carbocycles. The average Bonchev–Trinajstić information content (AvgIpc) is 2.38. The van der Waals surface area contributed by atoms with Gasteiger partial charge in [0.25, 0.3) is 0 Å². The van der Waals surface area contributed by atoms with Crippen molar-refractivity contribution in [3.05, 3.63) is 47.0 Å². The van der Waals surface area contributed by atoms with E-state index in [1.54, 1.807) is 0 Å². The summed E-state index contributed by atoms with van der Waals surface area (Å²) in [6.07, 6.45) is 0.636. The van der Waals surface area contributed by atoms with E-state index in [9.17, 15) is 22.0 Å². The first-order valence-electron chi connectivity index (χ1n) is 5.61. The Labute approximate surface area is 110 Å². The zero-order valence-corrected chi connectivity index (χ0v) is 9.97. The molecule has 20 heavy (non-hydrogen) atoms. The van der Waals surface area contributed by atoms with Crippen molar-refractivity contribution < 1.29 is 31.8 Å². The molecule has 7 heteroatoms. The minimum Gasteiger partial charge on any atom is -0.505 e. The minimum atomic E-state index is -3.14. The number of hydrogen-bond acceptors (Lipinski definition) is 2. The first-order valence-corrected chi connectivity index (χ1v) is 5.61. The molecule has 0 aromatic heterocycles. The molecule has 0 aliphatic heterocycles. The monoisotopic (exact) mass is 292 g/mol. The number of rotatable bonds is 3. The number of aromatic hydroxyl groups is 1. The maximum absolute atomic E-state index is 13.6. The van der Waals surface area contributed by atoms with E-state index in [0.29, 0.717) is 0 Å². The Hall–Kier alpha value is -2.05. The highest BCUT2D eigenvalue weighted by atomic mass is 19.3. The first-order chi connectivity index (χ1) is 9.40. The molecular weight excluding hydrogens is 283 g/mol. The minimum absolute atomic E-state index is 0.0105. The van der Waals surface area contributed by atoms with Gasteiger partial charge in [0, 0.05) is 12.0 Å². The van der Waals surface area contributed by atoms with Crippen LogP contribution in [0.3, 0.4) is 0 Å². The van der Waals surface area contributed by atoms with Gasteiger partial charge in [-0.15, -0.1) is 0 Å². The van der Waals surface area contributed by atoms with Crippen molar-refractivity contribution in [3.8, 4) is 5.75 Å². The van der Waals surface area contributed by atoms with Gasteiger partial charge in [0.15, 0.2) is 17.4 Å². The normalized spacial score (nSPS) is 15.6. The van der Waals surface area contributed by atoms with Gasteiger partial charge in [-0.25, -0.2) is 8.78 Å². The highest BCUT2D eigenvalue weighted by Gasteiger charge is 2.22. The molecule has 0 heterocycles. The maximum Gasteiger partial charge on any atom is 0.387 e. The van der Waals surface area contributed by atoms with Gasteiger partial charge in [0.2, 0.25) is 5.82 Å². The average molecular weight is 292 g/mol. The molecule has 0 saturated heterocycles. The van der Waals surface area contributed by atoms with Crippen LogP contribution in [0, 0.1) is 11.6 Å². The molecule has 0 atom stereocenters. The van der Waals surface area contributed by atoms with Gasteiger partial charge in [-0.3, -0.25) is 0 Å². The molecule has 0 amide bonds. The highest BCUT2D eigenvalue weighted by molar-refractivity contribution is 5.70. The van der Waals surface area contributed by atoms with Crippen molar-refractivity contribution in [2.24, 2.45) is 0 Å². The summed E-state index contributed by atoms with van der Waals surface area (Å²) in [6.45, 7) is -3.14. The van der Waals surface area contributed by atoms with Crippen LogP contribution in [-0.2, 0) is 4.74 Å². The van der Waals surface area contributed by atoms with E-state index in [4.69, 9.17) is 5.11 Å². The van der Waals surface area contributed by atoms with Crippen LogP contribution in [0.1, 0.15) is 18.4 Å². The smallest absolute Gasteiger partial charge is 0.387 e. The molecule has 108 valence electrons. The van der Waals surface area contributed by atoms with Gasteiger partial charge in [-0.05, 0) is 30.2 Å². The molecular formula is C13H9F5O2. The van der Waals surface area contributed by atoms with Crippen LogP contribution >= 0.6 is 0 Å². The van der Waals surface area contributed by atoms with E-state index < -0.39 is 35.6 Å². The van der Waals surface area contributed by atoms with Crippen molar-refractivity contribution in [1.29, 1.82) is 0 Å². The molecule has 1 aliphatic rings. The molecule has 0 bridgehead atoms. The fraction of sp³-hybridized carbons (Fsp3) is 0.231. The lowest BCUT2D eigenvalue weighted by molar-refractivity contribution is -0.100. The molecule has 0 spiro atoms. The van der Waals surface area contributed by atoms with Crippen LogP contribution < -0.4 is 0 Å². The number of phenolic OH excluding ortho intramolecular Hbond substituents is 1. The van der Waals surface area contributed by atoms with Crippen molar-refractivity contribution in [2.75, 3.05) is 0 Å². The third-order valence-electron chi connectivity index (χ3n) is 2.83. The second-order valence-electron chi connectivity index (χ2n) is 4.08. The Kier molecular flexibility index (Phi) is 3.96. The summed E-state index contributed by atoms with van der Waals surface area (Å²) in [4.78, 5) is 0. The number of halogens is 5. The summed E-state index contributed by atoms with van der Waals surface area (Å²) in [5.74, 6) is -5.20. The van der Waals surface area contributed by atoms with E-state index in [1.165, 1.54) is 0 Å². The summed E-state index contributed by atoms with van der Waals surface area (Å²) >= 11 is 0. The number of alkyl halides is 2. The number of phenols is 1. The zero-order valence-electron chi connectivity index (χ0n) is 9.97. The quantitative estimate of drug-likeness (QED) is 0.843. The van der Waals surface area contributed by atoms with E-state index in [1.807, 2.05) is 0 Å². The molecule has 1 N–H and O–H groups in total. The van der Waals surface area contributed by atoms with E-state index >= 15 is 0 Å². The largest absolute Gasteiger partial charge is 0.505 e. The maximum atomic E-state index is 13.6. The number of hydrogen-bond donors (Lipinski definition) is 1. The van der Waals surface area contributed by atoms with Gasteiger partial charge >= 0.3 is 6.61 Å². The fourth-order valence-corrected chi connectivity index (χ4v) is 1.90. The standard InChI is InChI=1S/C13H9F5O2/c14-8-5-6(1-4-10(8)20-13(17)18)7-2-3-9(19)12(16)11(7)15/h2-3,5,13,19H,1,4H2. The van der Waals surface area contributed by atoms with Crippen molar-refractivity contribution in [2.45, 2.75) is 19.5 Å². The third kappa shape index (κ3) is 2.76. The molecule has 2 nitrogen and oxygen atoms in total. The van der Waals surface area contributed by atoms with Gasteiger partial charge in [-0.1, -0.05) is 0 Å². The fourth-order valence-electron chi connectivity index (χ4n) is 1.90. The molecule has 2 rings (SSSR count).